The Balaban J connectivity index is 1.66. The van der Waals surface area contributed by atoms with E-state index in [2.05, 4.69) is 10.2 Å². The van der Waals surface area contributed by atoms with Crippen LogP contribution in [0.3, 0.4) is 0 Å². The van der Waals surface area contributed by atoms with E-state index in [1.54, 1.807) is 11.8 Å². The van der Waals surface area contributed by atoms with Gasteiger partial charge in [-0.2, -0.15) is 11.8 Å². The zero-order chi connectivity index (χ0) is 15.1. The molecule has 2 atom stereocenters. The third kappa shape index (κ3) is 5.20. The van der Waals surface area contributed by atoms with Crippen LogP contribution in [-0.4, -0.2) is 47.4 Å². The summed E-state index contributed by atoms with van der Waals surface area (Å²) in [4.78, 5) is 25.4. The monoisotopic (exact) mass is 312 g/mol. The number of thioether (sulfide) groups is 1. The number of carbonyl (C=O) groups is 2. The van der Waals surface area contributed by atoms with Crippen molar-refractivity contribution in [2.75, 3.05) is 24.6 Å². The van der Waals surface area contributed by atoms with Crippen LogP contribution in [0.5, 0.6) is 0 Å². The smallest absolute Gasteiger partial charge is 0.232 e. The van der Waals surface area contributed by atoms with Crippen molar-refractivity contribution < 1.29 is 9.59 Å². The highest BCUT2D eigenvalue weighted by atomic mass is 32.2. The summed E-state index contributed by atoms with van der Waals surface area (Å²) in [5, 5.41) is 2.79. The Hall–Kier alpha value is -0.710. The van der Waals surface area contributed by atoms with E-state index < -0.39 is 0 Å². The topological polar surface area (TPSA) is 49.4 Å². The fourth-order valence-electron chi connectivity index (χ4n) is 3.62. The molecule has 0 bridgehead atoms. The van der Waals surface area contributed by atoms with E-state index in [-0.39, 0.29) is 5.91 Å². The van der Waals surface area contributed by atoms with Crippen LogP contribution in [-0.2, 0) is 9.59 Å². The quantitative estimate of drug-likeness (QED) is 0.766. The molecule has 2 fully saturated rings. The Morgan fingerprint density at radius 3 is 2.76 bits per heavy atom. The summed E-state index contributed by atoms with van der Waals surface area (Å²) in [7, 11) is 0. The molecule has 4 nitrogen and oxygen atoms in total. The van der Waals surface area contributed by atoms with Crippen molar-refractivity contribution in [3.8, 4) is 0 Å². The molecule has 0 radical (unpaired) electrons. The molecule has 21 heavy (non-hydrogen) atoms. The lowest BCUT2D eigenvalue weighted by atomic mass is 9.78. The first kappa shape index (κ1) is 16.7. The van der Waals surface area contributed by atoms with Crippen LogP contribution < -0.4 is 5.32 Å². The first-order valence-electron chi connectivity index (χ1n) is 8.30. The number of rotatable bonds is 6. The van der Waals surface area contributed by atoms with Crippen LogP contribution in [0.1, 0.15) is 51.9 Å². The van der Waals surface area contributed by atoms with Crippen molar-refractivity contribution in [3.63, 3.8) is 0 Å². The van der Waals surface area contributed by atoms with E-state index in [0.717, 1.165) is 24.6 Å². The molecule has 0 unspecified atom stereocenters. The molecule has 2 rings (SSSR count). The molecule has 0 aromatic carbocycles. The molecule has 1 aliphatic heterocycles. The molecule has 0 aromatic rings. The Morgan fingerprint density at radius 2 is 1.95 bits per heavy atom. The van der Waals surface area contributed by atoms with Gasteiger partial charge in [0.2, 0.25) is 11.8 Å². The molecule has 0 aromatic heterocycles. The molecule has 120 valence electrons. The second-order valence-corrected chi connectivity index (χ2v) is 7.34. The summed E-state index contributed by atoms with van der Waals surface area (Å²) in [5.74, 6) is 2.65. The van der Waals surface area contributed by atoms with Gasteiger partial charge in [0.05, 0.1) is 5.75 Å². The van der Waals surface area contributed by atoms with Gasteiger partial charge in [-0.3, -0.25) is 9.59 Å². The molecule has 1 heterocycles. The van der Waals surface area contributed by atoms with E-state index >= 15 is 0 Å². The molecular weight excluding hydrogens is 284 g/mol. The summed E-state index contributed by atoms with van der Waals surface area (Å²) in [6.45, 7) is 3.21. The highest BCUT2D eigenvalue weighted by molar-refractivity contribution is 7.99. The first-order valence-corrected chi connectivity index (χ1v) is 9.45. The van der Waals surface area contributed by atoms with Crippen molar-refractivity contribution in [2.45, 2.75) is 57.9 Å². The van der Waals surface area contributed by atoms with E-state index in [4.69, 9.17) is 0 Å². The standard InChI is InChI=1S/C16H28N2O2S/c1-13(19)17-9-5-11-21-12-16(20)18-10-4-7-14-6-2-3-8-15(14)18/h14-15H,2-12H2,1H3,(H,17,19)/t14-,15-/m1/s1. The maximum Gasteiger partial charge on any atom is 0.232 e. The number of carbonyl (C=O) groups excluding carboxylic acids is 2. The van der Waals surface area contributed by atoms with Gasteiger partial charge < -0.3 is 10.2 Å². The average molecular weight is 312 g/mol. The number of likely N-dealkylation sites (tertiary alicyclic amines) is 1. The van der Waals surface area contributed by atoms with Gasteiger partial charge in [-0.25, -0.2) is 0 Å². The van der Waals surface area contributed by atoms with Gasteiger partial charge in [-0.05, 0) is 43.8 Å². The summed E-state index contributed by atoms with van der Waals surface area (Å²) >= 11 is 1.70. The molecule has 1 saturated carbocycles. The zero-order valence-corrected chi connectivity index (χ0v) is 13.9. The Kier molecular flexibility index (Phi) is 6.87. The number of amides is 2. The zero-order valence-electron chi connectivity index (χ0n) is 13.1. The van der Waals surface area contributed by atoms with Crippen molar-refractivity contribution in [1.82, 2.24) is 10.2 Å². The van der Waals surface area contributed by atoms with Crippen LogP contribution in [0.2, 0.25) is 0 Å². The molecule has 0 spiro atoms. The maximum absolute atomic E-state index is 12.4. The molecule has 1 N–H and O–H groups in total. The summed E-state index contributed by atoms with van der Waals surface area (Å²) in [6.07, 6.45) is 8.60. The van der Waals surface area contributed by atoms with E-state index in [9.17, 15) is 9.59 Å². The largest absolute Gasteiger partial charge is 0.356 e. The predicted molar refractivity (Wildman–Crippen MR) is 87.3 cm³/mol. The lowest BCUT2D eigenvalue weighted by Crippen LogP contribution is -2.50. The van der Waals surface area contributed by atoms with E-state index in [1.165, 1.54) is 45.4 Å². The third-order valence-electron chi connectivity index (χ3n) is 4.63. The van der Waals surface area contributed by atoms with Crippen molar-refractivity contribution in [1.29, 1.82) is 0 Å². The molecule has 1 saturated heterocycles. The van der Waals surface area contributed by atoms with Gasteiger partial charge in [0.25, 0.3) is 0 Å². The summed E-state index contributed by atoms with van der Waals surface area (Å²) in [5.41, 5.74) is 0. The number of nitrogens with zero attached hydrogens (tertiary/aromatic N) is 1. The fraction of sp³-hybridized carbons (Fsp3) is 0.875. The lowest BCUT2D eigenvalue weighted by Gasteiger charge is -2.44. The highest BCUT2D eigenvalue weighted by Gasteiger charge is 2.35. The van der Waals surface area contributed by atoms with Crippen molar-refractivity contribution >= 4 is 23.6 Å². The number of hydrogen-bond acceptors (Lipinski definition) is 3. The minimum Gasteiger partial charge on any atom is -0.356 e. The second-order valence-electron chi connectivity index (χ2n) is 6.23. The third-order valence-corrected chi connectivity index (χ3v) is 5.66. The minimum atomic E-state index is 0.0210. The molecule has 1 aliphatic carbocycles. The van der Waals surface area contributed by atoms with Crippen LogP contribution >= 0.6 is 11.8 Å². The predicted octanol–water partition coefficient (Wildman–Crippen LogP) is 2.43. The molecule has 2 amide bonds. The number of nitrogens with one attached hydrogen (secondary N) is 1. The highest BCUT2D eigenvalue weighted by Crippen LogP contribution is 2.35. The Morgan fingerprint density at radius 1 is 1.19 bits per heavy atom. The lowest BCUT2D eigenvalue weighted by molar-refractivity contribution is -0.134. The Labute approximate surface area is 132 Å². The SMILES string of the molecule is CC(=O)NCCCSCC(=O)N1CCC[C@H]2CCCC[C@H]21. The second kappa shape index (κ2) is 8.66. The fourth-order valence-corrected chi connectivity index (χ4v) is 4.45. The molecule has 5 heteroatoms. The van der Waals surface area contributed by atoms with Gasteiger partial charge in [0.1, 0.15) is 0 Å². The maximum atomic E-state index is 12.4. The van der Waals surface area contributed by atoms with Crippen LogP contribution in [0.4, 0.5) is 0 Å². The van der Waals surface area contributed by atoms with Gasteiger partial charge in [0, 0.05) is 26.1 Å². The number of fused-ring (bicyclic) bond motifs is 1. The number of hydrogen-bond donors (Lipinski definition) is 1. The van der Waals surface area contributed by atoms with Crippen molar-refractivity contribution in [3.05, 3.63) is 0 Å². The van der Waals surface area contributed by atoms with Crippen molar-refractivity contribution in [2.24, 2.45) is 5.92 Å². The summed E-state index contributed by atoms with van der Waals surface area (Å²) < 4.78 is 0. The van der Waals surface area contributed by atoms with Gasteiger partial charge in [-0.1, -0.05) is 12.8 Å². The van der Waals surface area contributed by atoms with Gasteiger partial charge >= 0.3 is 0 Å². The van der Waals surface area contributed by atoms with Gasteiger partial charge in [-0.15, -0.1) is 0 Å². The first-order chi connectivity index (χ1) is 10.2. The summed E-state index contributed by atoms with van der Waals surface area (Å²) in [6, 6.07) is 0.528. The normalized spacial score (nSPS) is 25.3. The van der Waals surface area contributed by atoms with E-state index in [0.29, 0.717) is 24.2 Å². The Bertz CT molecular complexity index is 360. The van der Waals surface area contributed by atoms with E-state index in [1.807, 2.05) is 0 Å². The van der Waals surface area contributed by atoms with Crippen LogP contribution in [0.25, 0.3) is 0 Å². The molecule has 2 aliphatic rings. The minimum absolute atomic E-state index is 0.0210. The van der Waals surface area contributed by atoms with Crippen LogP contribution in [0.15, 0.2) is 0 Å². The molecular formula is C16H28N2O2S. The average Bonchev–Trinajstić information content (AvgIpc) is 2.49. The van der Waals surface area contributed by atoms with Crippen LogP contribution in [0, 0.1) is 5.92 Å². The number of piperidine rings is 1. The van der Waals surface area contributed by atoms with Gasteiger partial charge in [0.15, 0.2) is 0 Å².